The summed E-state index contributed by atoms with van der Waals surface area (Å²) in [5, 5.41) is 0. The van der Waals surface area contributed by atoms with Crippen molar-refractivity contribution in [2.75, 3.05) is 32.7 Å². The molecule has 30 heavy (non-hydrogen) atoms. The van der Waals surface area contributed by atoms with Crippen LogP contribution in [0.1, 0.15) is 18.3 Å². The molecule has 3 aromatic rings. The maximum absolute atomic E-state index is 12.8. The Bertz CT molecular complexity index is 941. The number of imidazole rings is 1. The third kappa shape index (κ3) is 4.97. The first-order chi connectivity index (χ1) is 14.7. The number of nitrogens with zero attached hydrogens (tertiary/aromatic N) is 4. The van der Waals surface area contributed by atoms with Crippen LogP contribution >= 0.6 is 0 Å². The van der Waals surface area contributed by atoms with Crippen LogP contribution in [0.4, 0.5) is 0 Å². The van der Waals surface area contributed by atoms with Crippen molar-refractivity contribution < 1.29 is 4.79 Å². The molecule has 4 rings (SSSR count). The molecule has 2 heterocycles. The molecule has 0 radical (unpaired) electrons. The Hall–Kier alpha value is -2.92. The molecule has 1 amide bonds. The van der Waals surface area contributed by atoms with Crippen LogP contribution in [-0.4, -0.2) is 58.0 Å². The minimum absolute atomic E-state index is 0.227. The monoisotopic (exact) mass is 402 g/mol. The number of hydrogen-bond acceptors (Lipinski definition) is 3. The van der Waals surface area contributed by atoms with Gasteiger partial charge in [0.1, 0.15) is 5.82 Å². The molecule has 5 nitrogen and oxygen atoms in total. The predicted molar refractivity (Wildman–Crippen MR) is 120 cm³/mol. The highest BCUT2D eigenvalue weighted by Gasteiger charge is 2.21. The Labute approximate surface area is 179 Å². The lowest BCUT2D eigenvalue weighted by molar-refractivity contribution is -0.132. The van der Waals surface area contributed by atoms with Gasteiger partial charge in [-0.25, -0.2) is 4.98 Å². The fourth-order valence-electron chi connectivity index (χ4n) is 4.06. The molecule has 1 aromatic heterocycles. The van der Waals surface area contributed by atoms with Crippen molar-refractivity contribution in [3.8, 4) is 11.1 Å². The fraction of sp³-hybridized carbons (Fsp3) is 0.360. The number of rotatable bonds is 7. The van der Waals surface area contributed by atoms with Crippen molar-refractivity contribution in [3.63, 3.8) is 0 Å². The lowest BCUT2D eigenvalue weighted by Gasteiger charge is -2.35. The minimum Gasteiger partial charge on any atom is -0.340 e. The van der Waals surface area contributed by atoms with E-state index in [0.29, 0.717) is 6.42 Å². The van der Waals surface area contributed by atoms with E-state index in [2.05, 4.69) is 64.0 Å². The molecular weight excluding hydrogens is 372 g/mol. The van der Waals surface area contributed by atoms with Crippen molar-refractivity contribution in [1.29, 1.82) is 0 Å². The van der Waals surface area contributed by atoms with E-state index in [4.69, 9.17) is 0 Å². The topological polar surface area (TPSA) is 41.4 Å². The third-order valence-electron chi connectivity index (χ3n) is 5.92. The Kier molecular flexibility index (Phi) is 6.60. The summed E-state index contributed by atoms with van der Waals surface area (Å²) >= 11 is 0. The van der Waals surface area contributed by atoms with E-state index in [1.807, 2.05) is 29.3 Å². The molecule has 0 unspecified atom stereocenters. The zero-order valence-corrected chi connectivity index (χ0v) is 17.7. The van der Waals surface area contributed by atoms with Crippen LogP contribution in [0.5, 0.6) is 0 Å². The van der Waals surface area contributed by atoms with Crippen molar-refractivity contribution in [2.45, 2.75) is 26.3 Å². The van der Waals surface area contributed by atoms with Crippen LogP contribution in [0, 0.1) is 0 Å². The molecule has 1 fully saturated rings. The van der Waals surface area contributed by atoms with Gasteiger partial charge in [-0.05, 0) is 16.7 Å². The Morgan fingerprint density at radius 2 is 1.60 bits per heavy atom. The number of piperazine rings is 1. The molecular formula is C25H30N4O. The van der Waals surface area contributed by atoms with Gasteiger partial charge in [0.15, 0.2) is 0 Å². The van der Waals surface area contributed by atoms with Crippen LogP contribution in [-0.2, 0) is 24.2 Å². The van der Waals surface area contributed by atoms with Gasteiger partial charge in [0.2, 0.25) is 5.91 Å². The lowest BCUT2D eigenvalue weighted by Crippen LogP contribution is -2.49. The van der Waals surface area contributed by atoms with E-state index in [0.717, 1.165) is 57.1 Å². The van der Waals surface area contributed by atoms with Gasteiger partial charge >= 0.3 is 0 Å². The molecule has 1 aliphatic rings. The Morgan fingerprint density at radius 1 is 0.900 bits per heavy atom. The minimum atomic E-state index is 0.227. The Balaban J connectivity index is 1.24. The highest BCUT2D eigenvalue weighted by Crippen LogP contribution is 2.19. The van der Waals surface area contributed by atoms with Crippen LogP contribution in [0.2, 0.25) is 0 Å². The van der Waals surface area contributed by atoms with Crippen LogP contribution in [0.25, 0.3) is 11.1 Å². The molecule has 1 saturated heterocycles. The summed E-state index contributed by atoms with van der Waals surface area (Å²) in [6.07, 6.45) is 5.37. The molecule has 0 atom stereocenters. The van der Waals surface area contributed by atoms with E-state index in [9.17, 15) is 4.79 Å². The third-order valence-corrected chi connectivity index (χ3v) is 5.92. The number of amides is 1. The number of hydrogen-bond donors (Lipinski definition) is 0. The summed E-state index contributed by atoms with van der Waals surface area (Å²) in [6.45, 7) is 7.61. The fourth-order valence-corrected chi connectivity index (χ4v) is 4.06. The summed E-state index contributed by atoms with van der Waals surface area (Å²) < 4.78 is 2.23. The smallest absolute Gasteiger partial charge is 0.227 e. The zero-order chi connectivity index (χ0) is 20.8. The first kappa shape index (κ1) is 20.4. The number of aromatic nitrogens is 2. The zero-order valence-electron chi connectivity index (χ0n) is 17.7. The van der Waals surface area contributed by atoms with Crippen molar-refractivity contribution in [2.24, 2.45) is 0 Å². The Morgan fingerprint density at radius 3 is 2.30 bits per heavy atom. The maximum Gasteiger partial charge on any atom is 0.227 e. The number of carbonyl (C=O) groups excluding carboxylic acids is 1. The van der Waals surface area contributed by atoms with Gasteiger partial charge in [0, 0.05) is 58.1 Å². The highest BCUT2D eigenvalue weighted by atomic mass is 16.2. The van der Waals surface area contributed by atoms with Gasteiger partial charge in [-0.2, -0.15) is 0 Å². The summed E-state index contributed by atoms with van der Waals surface area (Å²) in [4.78, 5) is 21.6. The summed E-state index contributed by atoms with van der Waals surface area (Å²) in [5.74, 6) is 1.37. The first-order valence-electron chi connectivity index (χ1n) is 10.9. The molecule has 0 aliphatic carbocycles. The molecule has 0 spiro atoms. The van der Waals surface area contributed by atoms with E-state index in [1.165, 1.54) is 11.1 Å². The largest absolute Gasteiger partial charge is 0.340 e. The van der Waals surface area contributed by atoms with Crippen LogP contribution in [0.15, 0.2) is 67.0 Å². The molecule has 0 bridgehead atoms. The first-order valence-corrected chi connectivity index (χ1v) is 10.9. The number of aryl methyl sites for hydroxylation is 1. The molecule has 1 aliphatic heterocycles. The predicted octanol–water partition coefficient (Wildman–Crippen LogP) is 3.50. The summed E-state index contributed by atoms with van der Waals surface area (Å²) in [6, 6.07) is 18.7. The lowest BCUT2D eigenvalue weighted by atomic mass is 10.0. The van der Waals surface area contributed by atoms with Gasteiger partial charge in [-0.3, -0.25) is 9.69 Å². The van der Waals surface area contributed by atoms with Crippen molar-refractivity contribution in [1.82, 2.24) is 19.4 Å². The standard InChI is InChI=1S/C25H30N4O/c1-2-24-26-12-13-28(24)17-14-27-15-18-29(19-16-27)25(30)20-21-8-10-23(11-9-21)22-6-4-3-5-7-22/h3-13H,2,14-20H2,1H3. The molecule has 2 aromatic carbocycles. The van der Waals surface area contributed by atoms with E-state index in [-0.39, 0.29) is 5.91 Å². The number of carbonyl (C=O) groups is 1. The van der Waals surface area contributed by atoms with Gasteiger partial charge < -0.3 is 9.47 Å². The quantitative estimate of drug-likeness (QED) is 0.607. The molecule has 5 heteroatoms. The van der Waals surface area contributed by atoms with E-state index < -0.39 is 0 Å². The normalized spacial score (nSPS) is 14.8. The van der Waals surface area contributed by atoms with Gasteiger partial charge in [-0.1, -0.05) is 61.5 Å². The number of benzene rings is 2. The molecule has 0 N–H and O–H groups in total. The average Bonchev–Trinajstić information content (AvgIpc) is 3.27. The van der Waals surface area contributed by atoms with Gasteiger partial charge in [0.05, 0.1) is 6.42 Å². The van der Waals surface area contributed by atoms with Crippen molar-refractivity contribution in [3.05, 3.63) is 78.4 Å². The molecule has 156 valence electrons. The SMILES string of the molecule is CCc1nccn1CCN1CCN(C(=O)Cc2ccc(-c3ccccc3)cc2)CC1. The maximum atomic E-state index is 12.8. The van der Waals surface area contributed by atoms with Crippen molar-refractivity contribution >= 4 is 5.91 Å². The van der Waals surface area contributed by atoms with Gasteiger partial charge in [-0.15, -0.1) is 0 Å². The van der Waals surface area contributed by atoms with E-state index >= 15 is 0 Å². The second-order valence-electron chi connectivity index (χ2n) is 7.85. The highest BCUT2D eigenvalue weighted by molar-refractivity contribution is 5.79. The average molecular weight is 403 g/mol. The summed E-state index contributed by atoms with van der Waals surface area (Å²) in [7, 11) is 0. The second-order valence-corrected chi connectivity index (χ2v) is 7.85. The molecule has 0 saturated carbocycles. The van der Waals surface area contributed by atoms with Gasteiger partial charge in [0.25, 0.3) is 0 Å². The summed E-state index contributed by atoms with van der Waals surface area (Å²) in [5.41, 5.74) is 3.46. The second kappa shape index (κ2) is 9.72. The van der Waals surface area contributed by atoms with E-state index in [1.54, 1.807) is 0 Å². The van der Waals surface area contributed by atoms with Crippen LogP contribution < -0.4 is 0 Å². The van der Waals surface area contributed by atoms with Crippen LogP contribution in [0.3, 0.4) is 0 Å².